The lowest BCUT2D eigenvalue weighted by molar-refractivity contribution is -0.165. The highest BCUT2D eigenvalue weighted by Crippen LogP contribution is 2.41. The zero-order valence-corrected chi connectivity index (χ0v) is 12.7. The van der Waals surface area contributed by atoms with Crippen LogP contribution in [0.1, 0.15) is 32.1 Å². The van der Waals surface area contributed by atoms with E-state index in [-0.39, 0.29) is 0 Å². The Morgan fingerprint density at radius 2 is 1.23 bits per heavy atom. The van der Waals surface area contributed by atoms with Gasteiger partial charge >= 0.3 is 27.5 Å². The summed E-state index contributed by atoms with van der Waals surface area (Å²) in [5, 5.41) is -2.91. The molecule has 0 amide bonds. The molecule has 0 aromatic heterocycles. The Kier molecular flexibility index (Phi) is 9.53. The summed E-state index contributed by atoms with van der Waals surface area (Å²) >= 11 is 0. The third kappa shape index (κ3) is 8.73. The number of nitrogens with one attached hydrogen (secondary N) is 1. The van der Waals surface area contributed by atoms with Gasteiger partial charge in [-0.25, -0.2) is 0 Å². The van der Waals surface area contributed by atoms with Crippen LogP contribution in [0.4, 0.5) is 30.7 Å². The lowest BCUT2D eigenvalue weighted by Crippen LogP contribution is -2.46. The topological polar surface area (TPSA) is 66.4 Å². The van der Waals surface area contributed by atoms with Gasteiger partial charge in [-0.15, -0.1) is 0 Å². The second kappa shape index (κ2) is 8.87. The smallest absolute Gasteiger partial charge is 0.323 e. The summed E-state index contributed by atoms with van der Waals surface area (Å²) in [6.07, 6.45) is -9.03. The van der Waals surface area contributed by atoms with Crippen LogP contribution >= 0.6 is 0 Å². The van der Waals surface area contributed by atoms with Crippen molar-refractivity contribution < 1.29 is 43.7 Å². The first-order valence-electron chi connectivity index (χ1n) is 6.00. The van der Waals surface area contributed by atoms with E-state index in [0.29, 0.717) is 0 Å². The molecule has 0 saturated heterocycles. The van der Waals surface area contributed by atoms with Crippen LogP contribution in [0.2, 0.25) is 0 Å². The van der Waals surface area contributed by atoms with Gasteiger partial charge < -0.3 is 5.32 Å². The molecule has 12 heteroatoms. The van der Waals surface area contributed by atoms with Gasteiger partial charge in [0.1, 0.15) is 0 Å². The van der Waals surface area contributed by atoms with Gasteiger partial charge in [-0.1, -0.05) is 6.42 Å². The van der Waals surface area contributed by atoms with Crippen LogP contribution in [0.3, 0.4) is 0 Å². The number of rotatable bonds is 7. The third-order valence-electron chi connectivity index (χ3n) is 2.20. The highest BCUT2D eigenvalue weighted by molar-refractivity contribution is 7.87. The fourth-order valence-electron chi connectivity index (χ4n) is 1.18. The minimum atomic E-state index is -6.29. The zero-order chi connectivity index (χ0) is 18.2. The molecule has 2 N–H and O–H groups in total. The van der Waals surface area contributed by atoms with E-state index >= 15 is 0 Å². The predicted molar refractivity (Wildman–Crippen MR) is 65.6 cm³/mol. The van der Waals surface area contributed by atoms with Crippen LogP contribution in [0.15, 0.2) is 0 Å². The molecule has 0 aromatic carbocycles. The number of alkyl halides is 7. The normalized spacial score (nSPS) is 13.5. The van der Waals surface area contributed by atoms with E-state index in [1.807, 2.05) is 14.1 Å². The van der Waals surface area contributed by atoms with Gasteiger partial charge in [0.2, 0.25) is 0 Å². The second-order valence-electron chi connectivity index (χ2n) is 4.37. The summed E-state index contributed by atoms with van der Waals surface area (Å²) in [4.78, 5) is 0. The molecule has 4 nitrogen and oxygen atoms in total. The molecule has 0 heterocycles. The van der Waals surface area contributed by atoms with E-state index in [1.54, 1.807) is 0 Å². The van der Waals surface area contributed by atoms with E-state index in [1.165, 1.54) is 0 Å². The second-order valence-corrected chi connectivity index (χ2v) is 5.83. The maximum absolute atomic E-state index is 12.8. The number of unbranched alkanes of at least 4 members (excludes halogenated alkanes) is 2. The molecule has 0 atom stereocenters. The Hall–Kier alpha value is -0.620. The average Bonchev–Trinajstić information content (AvgIpc) is 2.26. The van der Waals surface area contributed by atoms with Crippen LogP contribution in [0, 0.1) is 0 Å². The third-order valence-corrected chi connectivity index (χ3v) is 3.15. The summed E-state index contributed by atoms with van der Waals surface area (Å²) in [5.74, 6) is -5.04. The Balaban J connectivity index is 0. The lowest BCUT2D eigenvalue weighted by atomic mass is 10.1. The number of hydrogen-bond donors (Lipinski definition) is 2. The Bertz CT molecular complexity index is 409. The van der Waals surface area contributed by atoms with Crippen LogP contribution in [-0.2, 0) is 10.1 Å². The largest absolute Gasteiger partial charge is 0.431 e. The molecule has 0 aliphatic carbocycles. The number of halogens is 7. The fourth-order valence-corrected chi connectivity index (χ4v) is 1.66. The zero-order valence-electron chi connectivity index (χ0n) is 11.9. The molecule has 0 radical (unpaired) electrons. The van der Waals surface area contributed by atoms with Crippen LogP contribution in [-0.4, -0.2) is 44.4 Å². The van der Waals surface area contributed by atoms with Gasteiger partial charge in [0, 0.05) is 12.8 Å². The molecule has 0 aromatic rings. The average molecular weight is 365 g/mol. The van der Waals surface area contributed by atoms with Crippen LogP contribution < -0.4 is 5.32 Å². The maximum Gasteiger partial charge on any atom is 0.431 e. The molecule has 0 fully saturated rings. The first-order chi connectivity index (χ1) is 9.62. The minimum absolute atomic E-state index is 0.420. The molecule has 0 rings (SSSR count). The van der Waals surface area contributed by atoms with Crippen LogP contribution in [0.5, 0.6) is 0 Å². The highest BCUT2D eigenvalue weighted by Gasteiger charge is 2.64. The molecule has 0 bridgehead atoms. The molecule has 0 spiro atoms. The standard InChI is InChI=1S/C8H11F7O3S.C2H7N/c9-6(10,8(14,15)19(16,17)18)4-2-1-3-5-7(11,12)13;1-3-2/h1-5H2,(H,16,17,18);3H,1-2H3. The molecule has 0 saturated carbocycles. The summed E-state index contributed by atoms with van der Waals surface area (Å²) in [6.45, 7) is 0. The van der Waals surface area contributed by atoms with E-state index in [4.69, 9.17) is 4.55 Å². The molecule has 0 aliphatic heterocycles. The van der Waals surface area contributed by atoms with Gasteiger partial charge in [0.25, 0.3) is 0 Å². The fraction of sp³-hybridized carbons (Fsp3) is 1.00. The molecule has 0 aliphatic rings. The van der Waals surface area contributed by atoms with E-state index in [9.17, 15) is 39.2 Å². The van der Waals surface area contributed by atoms with Gasteiger partial charge in [0.05, 0.1) is 0 Å². The van der Waals surface area contributed by atoms with Crippen molar-refractivity contribution in [3.63, 3.8) is 0 Å². The Labute approximate surface area is 123 Å². The molecular weight excluding hydrogens is 347 g/mol. The van der Waals surface area contributed by atoms with E-state index in [0.717, 1.165) is 0 Å². The van der Waals surface area contributed by atoms with Gasteiger partial charge in [-0.2, -0.15) is 39.2 Å². The Morgan fingerprint density at radius 3 is 1.55 bits per heavy atom. The monoisotopic (exact) mass is 365 g/mol. The first kappa shape index (κ1) is 23.6. The highest BCUT2D eigenvalue weighted by atomic mass is 32.2. The van der Waals surface area contributed by atoms with E-state index < -0.39 is 59.6 Å². The minimum Gasteiger partial charge on any atom is -0.323 e. The van der Waals surface area contributed by atoms with E-state index in [2.05, 4.69) is 5.32 Å². The lowest BCUT2D eigenvalue weighted by Gasteiger charge is -2.23. The van der Waals surface area contributed by atoms with Crippen molar-refractivity contribution in [2.75, 3.05) is 14.1 Å². The summed E-state index contributed by atoms with van der Waals surface area (Å²) in [5.41, 5.74) is 0. The summed E-state index contributed by atoms with van der Waals surface area (Å²) in [7, 11) is -2.54. The molecule has 0 unspecified atom stereocenters. The van der Waals surface area contributed by atoms with Crippen LogP contribution in [0.25, 0.3) is 0 Å². The summed E-state index contributed by atoms with van der Waals surface area (Å²) in [6, 6.07) is 0. The van der Waals surface area contributed by atoms with Gasteiger partial charge in [0.15, 0.2) is 0 Å². The molecule has 136 valence electrons. The maximum atomic E-state index is 12.8. The van der Waals surface area contributed by atoms with Crippen molar-refractivity contribution in [3.8, 4) is 0 Å². The van der Waals surface area contributed by atoms with Crippen molar-refractivity contribution >= 4 is 10.1 Å². The van der Waals surface area contributed by atoms with Crippen molar-refractivity contribution in [2.45, 2.75) is 49.5 Å². The van der Waals surface area contributed by atoms with Gasteiger partial charge in [-0.05, 0) is 26.9 Å². The number of hydrogen-bond acceptors (Lipinski definition) is 3. The molecular formula is C10H18F7NO3S. The predicted octanol–water partition coefficient (Wildman–Crippen LogP) is 3.45. The summed E-state index contributed by atoms with van der Waals surface area (Å²) < 4.78 is 114. The van der Waals surface area contributed by atoms with Crippen molar-refractivity contribution in [3.05, 3.63) is 0 Å². The quantitative estimate of drug-likeness (QED) is 0.412. The van der Waals surface area contributed by atoms with Crippen molar-refractivity contribution in [1.29, 1.82) is 0 Å². The Morgan fingerprint density at radius 1 is 0.864 bits per heavy atom. The molecule has 22 heavy (non-hydrogen) atoms. The van der Waals surface area contributed by atoms with Gasteiger partial charge in [-0.3, -0.25) is 4.55 Å². The van der Waals surface area contributed by atoms with Crippen molar-refractivity contribution in [1.82, 2.24) is 5.32 Å². The first-order valence-corrected chi connectivity index (χ1v) is 7.44. The van der Waals surface area contributed by atoms with Crippen molar-refractivity contribution in [2.24, 2.45) is 0 Å². The SMILES string of the molecule is CNC.O=S(=O)(O)C(F)(F)C(F)(F)CCCCCC(F)(F)F.